The molecule has 0 saturated carbocycles. The fourth-order valence-electron chi connectivity index (χ4n) is 1.37. The van der Waals surface area contributed by atoms with Gasteiger partial charge >= 0.3 is 0 Å². The summed E-state index contributed by atoms with van der Waals surface area (Å²) in [7, 11) is 0. The van der Waals surface area contributed by atoms with Crippen LogP contribution in [0.4, 0.5) is 0 Å². The summed E-state index contributed by atoms with van der Waals surface area (Å²) in [6, 6.07) is 7.07. The summed E-state index contributed by atoms with van der Waals surface area (Å²) >= 11 is 1.60. The van der Waals surface area contributed by atoms with Crippen molar-refractivity contribution in [2.75, 3.05) is 6.54 Å². The number of nitrogens with two attached hydrogens (primary N) is 1. The summed E-state index contributed by atoms with van der Waals surface area (Å²) in [6.07, 6.45) is 0. The third-order valence-electron chi connectivity index (χ3n) is 2.49. The fraction of sp³-hybridized carbons (Fsp3) is 0.250. The summed E-state index contributed by atoms with van der Waals surface area (Å²) < 4.78 is 0. The quantitative estimate of drug-likeness (QED) is 0.858. The summed E-state index contributed by atoms with van der Waals surface area (Å²) in [6.45, 7) is 2.68. The molecule has 1 unspecified atom stereocenters. The third-order valence-corrected chi connectivity index (χ3v) is 3.40. The number of thiazole rings is 1. The van der Waals surface area contributed by atoms with Crippen molar-refractivity contribution in [1.29, 1.82) is 0 Å². The molecule has 0 aliphatic heterocycles. The molecule has 0 bridgehead atoms. The van der Waals surface area contributed by atoms with Gasteiger partial charge in [-0.2, -0.15) is 0 Å². The maximum Gasteiger partial charge on any atom is 0.123 e. The topological polar surface area (TPSA) is 59.1 Å². The van der Waals surface area contributed by atoms with E-state index in [1.807, 2.05) is 17.5 Å². The lowest BCUT2D eigenvalue weighted by Crippen LogP contribution is -2.08. The van der Waals surface area contributed by atoms with E-state index >= 15 is 0 Å². The van der Waals surface area contributed by atoms with E-state index in [9.17, 15) is 5.11 Å². The molecular weight excluding hydrogens is 220 g/mol. The number of rotatable bonds is 3. The standard InChI is InChI=1S/C12H14N2OS/c1-8(6-13)11-7-16-12(14-11)9-2-4-10(15)5-3-9/h2-5,7-8,15H,6,13H2,1H3. The van der Waals surface area contributed by atoms with Crippen LogP contribution in [0, 0.1) is 0 Å². The molecule has 1 heterocycles. The van der Waals surface area contributed by atoms with Gasteiger partial charge in [0, 0.05) is 23.4 Å². The molecule has 4 heteroatoms. The van der Waals surface area contributed by atoms with Crippen LogP contribution in [0.2, 0.25) is 0 Å². The molecule has 16 heavy (non-hydrogen) atoms. The van der Waals surface area contributed by atoms with Crippen molar-refractivity contribution in [3.8, 4) is 16.3 Å². The zero-order valence-corrected chi connectivity index (χ0v) is 9.87. The number of benzene rings is 1. The van der Waals surface area contributed by atoms with Gasteiger partial charge in [-0.15, -0.1) is 11.3 Å². The third kappa shape index (κ3) is 2.23. The van der Waals surface area contributed by atoms with Crippen molar-refractivity contribution >= 4 is 11.3 Å². The van der Waals surface area contributed by atoms with Gasteiger partial charge in [0.1, 0.15) is 10.8 Å². The number of phenols is 1. The van der Waals surface area contributed by atoms with Crippen LogP contribution in [-0.2, 0) is 0 Å². The van der Waals surface area contributed by atoms with Gasteiger partial charge in [0.05, 0.1) is 5.69 Å². The monoisotopic (exact) mass is 234 g/mol. The lowest BCUT2D eigenvalue weighted by atomic mass is 10.1. The highest BCUT2D eigenvalue weighted by Gasteiger charge is 2.09. The maximum atomic E-state index is 9.20. The number of phenolic OH excluding ortho intramolecular Hbond substituents is 1. The van der Waals surface area contributed by atoms with Crippen LogP contribution in [0.3, 0.4) is 0 Å². The molecule has 0 radical (unpaired) electrons. The van der Waals surface area contributed by atoms with Crippen molar-refractivity contribution < 1.29 is 5.11 Å². The van der Waals surface area contributed by atoms with Gasteiger partial charge in [-0.25, -0.2) is 4.98 Å². The van der Waals surface area contributed by atoms with E-state index in [0.29, 0.717) is 12.5 Å². The number of aromatic hydroxyl groups is 1. The highest BCUT2D eigenvalue weighted by atomic mass is 32.1. The van der Waals surface area contributed by atoms with Crippen molar-refractivity contribution in [3.63, 3.8) is 0 Å². The van der Waals surface area contributed by atoms with E-state index in [-0.39, 0.29) is 5.75 Å². The Labute approximate surface area is 98.6 Å². The molecule has 3 nitrogen and oxygen atoms in total. The molecule has 2 aromatic rings. The maximum absolute atomic E-state index is 9.20. The normalized spacial score (nSPS) is 12.6. The van der Waals surface area contributed by atoms with Crippen LogP contribution in [0.25, 0.3) is 10.6 Å². The van der Waals surface area contributed by atoms with Gasteiger partial charge < -0.3 is 10.8 Å². The Kier molecular flexibility index (Phi) is 3.22. The first-order valence-electron chi connectivity index (χ1n) is 5.15. The Morgan fingerprint density at radius 2 is 2.06 bits per heavy atom. The van der Waals surface area contributed by atoms with Crippen molar-refractivity contribution in [3.05, 3.63) is 35.3 Å². The zero-order valence-electron chi connectivity index (χ0n) is 9.05. The Bertz CT molecular complexity index is 464. The molecule has 0 aliphatic carbocycles. The number of nitrogens with zero attached hydrogens (tertiary/aromatic N) is 1. The molecule has 0 aliphatic rings. The Hall–Kier alpha value is -1.39. The smallest absolute Gasteiger partial charge is 0.123 e. The molecule has 0 saturated heterocycles. The lowest BCUT2D eigenvalue weighted by Gasteiger charge is -2.02. The second-order valence-corrected chi connectivity index (χ2v) is 4.62. The highest BCUT2D eigenvalue weighted by molar-refractivity contribution is 7.13. The van der Waals surface area contributed by atoms with Crippen LogP contribution in [0.5, 0.6) is 5.75 Å². The first-order valence-corrected chi connectivity index (χ1v) is 6.03. The van der Waals surface area contributed by atoms with E-state index in [1.165, 1.54) is 0 Å². The number of hydrogen-bond acceptors (Lipinski definition) is 4. The van der Waals surface area contributed by atoms with Crippen molar-refractivity contribution in [2.24, 2.45) is 5.73 Å². The van der Waals surface area contributed by atoms with Crippen molar-refractivity contribution in [1.82, 2.24) is 4.98 Å². The molecule has 1 atom stereocenters. The lowest BCUT2D eigenvalue weighted by molar-refractivity contribution is 0.475. The van der Waals surface area contributed by atoms with E-state index in [4.69, 9.17) is 5.73 Å². The summed E-state index contributed by atoms with van der Waals surface area (Å²) in [5.74, 6) is 0.568. The van der Waals surface area contributed by atoms with Crippen molar-refractivity contribution in [2.45, 2.75) is 12.8 Å². The second-order valence-electron chi connectivity index (χ2n) is 3.76. The van der Waals surface area contributed by atoms with Gasteiger partial charge in [-0.05, 0) is 24.3 Å². The van der Waals surface area contributed by atoms with E-state index in [2.05, 4.69) is 11.9 Å². The first kappa shape index (κ1) is 11.1. The Balaban J connectivity index is 2.28. The summed E-state index contributed by atoms with van der Waals surface area (Å²) in [5, 5.41) is 12.2. The number of hydrogen-bond donors (Lipinski definition) is 2. The molecule has 0 spiro atoms. The van der Waals surface area contributed by atoms with Crippen LogP contribution in [0.1, 0.15) is 18.5 Å². The minimum Gasteiger partial charge on any atom is -0.508 e. The van der Waals surface area contributed by atoms with E-state index in [0.717, 1.165) is 16.3 Å². The van der Waals surface area contributed by atoms with Crippen LogP contribution in [-0.4, -0.2) is 16.6 Å². The summed E-state index contributed by atoms with van der Waals surface area (Å²) in [4.78, 5) is 4.54. The van der Waals surface area contributed by atoms with Gasteiger partial charge in [-0.1, -0.05) is 6.92 Å². The summed E-state index contributed by atoms with van der Waals surface area (Å²) in [5.41, 5.74) is 7.67. The molecule has 1 aromatic carbocycles. The predicted molar refractivity (Wildman–Crippen MR) is 66.7 cm³/mol. The zero-order chi connectivity index (χ0) is 11.5. The largest absolute Gasteiger partial charge is 0.508 e. The van der Waals surface area contributed by atoms with Gasteiger partial charge in [0.25, 0.3) is 0 Å². The van der Waals surface area contributed by atoms with Crippen LogP contribution < -0.4 is 5.73 Å². The molecule has 84 valence electrons. The van der Waals surface area contributed by atoms with Crippen LogP contribution in [0.15, 0.2) is 29.6 Å². The van der Waals surface area contributed by atoms with Gasteiger partial charge in [0.2, 0.25) is 0 Å². The van der Waals surface area contributed by atoms with Gasteiger partial charge in [-0.3, -0.25) is 0 Å². The molecule has 1 aromatic heterocycles. The van der Waals surface area contributed by atoms with Gasteiger partial charge in [0.15, 0.2) is 0 Å². The first-order chi connectivity index (χ1) is 7.70. The number of aromatic nitrogens is 1. The minimum absolute atomic E-state index is 0.274. The molecule has 3 N–H and O–H groups in total. The highest BCUT2D eigenvalue weighted by Crippen LogP contribution is 2.27. The molecule has 0 amide bonds. The van der Waals surface area contributed by atoms with E-state index < -0.39 is 0 Å². The molecule has 2 rings (SSSR count). The fourth-order valence-corrected chi connectivity index (χ4v) is 2.32. The van der Waals surface area contributed by atoms with E-state index in [1.54, 1.807) is 23.5 Å². The Morgan fingerprint density at radius 1 is 1.38 bits per heavy atom. The average Bonchev–Trinajstić information content (AvgIpc) is 2.78. The average molecular weight is 234 g/mol. The SMILES string of the molecule is CC(CN)c1csc(-c2ccc(O)cc2)n1. The Morgan fingerprint density at radius 3 is 2.69 bits per heavy atom. The molecular formula is C12H14N2OS. The molecule has 0 fully saturated rings. The second kappa shape index (κ2) is 4.63. The minimum atomic E-state index is 0.274. The van der Waals surface area contributed by atoms with Crippen LogP contribution >= 0.6 is 11.3 Å². The predicted octanol–water partition coefficient (Wildman–Crippen LogP) is 2.58.